The number of benzene rings is 1. The Bertz CT molecular complexity index is 811. The zero-order chi connectivity index (χ0) is 22.5. The number of hydrogen-bond acceptors (Lipinski definition) is 5. The highest BCUT2D eigenvalue weighted by Crippen LogP contribution is 2.28. The van der Waals surface area contributed by atoms with Crippen molar-refractivity contribution < 1.29 is 9.47 Å². The quantitative estimate of drug-likeness (QED) is 0.177. The molecule has 0 aliphatic heterocycles. The van der Waals surface area contributed by atoms with Gasteiger partial charge in [0.25, 0.3) is 0 Å². The van der Waals surface area contributed by atoms with Gasteiger partial charge in [-0.05, 0) is 62.9 Å². The second-order valence-corrected chi connectivity index (χ2v) is 7.07. The molecular weight excluding hydrogens is 517 g/mol. The van der Waals surface area contributed by atoms with Crippen molar-refractivity contribution in [3.05, 3.63) is 47.7 Å². The predicted octanol–water partition coefficient (Wildman–Crippen LogP) is 4.25. The molecule has 0 saturated heterocycles. The number of aryl methyl sites for hydroxylation is 1. The van der Waals surface area contributed by atoms with E-state index in [1.165, 1.54) is 5.56 Å². The van der Waals surface area contributed by atoms with Crippen molar-refractivity contribution in [2.45, 2.75) is 40.2 Å². The first-order valence-corrected chi connectivity index (χ1v) is 11.1. The van der Waals surface area contributed by atoms with Gasteiger partial charge in [-0.25, -0.2) is 4.98 Å². The predicted molar refractivity (Wildman–Crippen MR) is 144 cm³/mol. The molecule has 32 heavy (non-hydrogen) atoms. The van der Waals surface area contributed by atoms with Gasteiger partial charge in [0.1, 0.15) is 5.82 Å². The van der Waals surface area contributed by atoms with Crippen LogP contribution in [-0.4, -0.2) is 51.3 Å². The lowest BCUT2D eigenvalue weighted by atomic mass is 10.1. The molecule has 7 nitrogen and oxygen atoms in total. The molecule has 0 bridgehead atoms. The molecule has 0 fully saturated rings. The standard InChI is InChI=1S/C24H37N5O2.HI/c1-6-29(7-2)23-14-12-20(17-27-23)18-28-24(25-4)26-15-9-10-19-11-13-21(30-5)22(16-19)31-8-3;/h11-14,16-17H,6-10,15,18H2,1-5H3,(H2,25,26,28);1H. The highest BCUT2D eigenvalue weighted by atomic mass is 127. The molecule has 8 heteroatoms. The Morgan fingerprint density at radius 3 is 2.38 bits per heavy atom. The molecule has 1 aromatic heterocycles. The summed E-state index contributed by atoms with van der Waals surface area (Å²) in [6.07, 6.45) is 3.86. The van der Waals surface area contributed by atoms with Gasteiger partial charge in [0, 0.05) is 39.4 Å². The SMILES string of the molecule is CCOc1cc(CCCNC(=NC)NCc2ccc(N(CC)CC)nc2)ccc1OC.I. The van der Waals surface area contributed by atoms with Crippen molar-refractivity contribution in [1.82, 2.24) is 15.6 Å². The summed E-state index contributed by atoms with van der Waals surface area (Å²) in [6, 6.07) is 10.3. The van der Waals surface area contributed by atoms with Crippen molar-refractivity contribution >= 4 is 35.8 Å². The lowest BCUT2D eigenvalue weighted by Gasteiger charge is -2.19. The van der Waals surface area contributed by atoms with Crippen LogP contribution in [0.3, 0.4) is 0 Å². The second-order valence-electron chi connectivity index (χ2n) is 7.07. The lowest BCUT2D eigenvalue weighted by molar-refractivity contribution is 0.310. The Labute approximate surface area is 210 Å². The number of nitrogens with zero attached hydrogens (tertiary/aromatic N) is 3. The maximum Gasteiger partial charge on any atom is 0.191 e. The summed E-state index contributed by atoms with van der Waals surface area (Å²) in [5.41, 5.74) is 2.36. The average molecular weight is 556 g/mol. The minimum atomic E-state index is 0. The summed E-state index contributed by atoms with van der Waals surface area (Å²) in [6.45, 7) is 10.3. The molecule has 2 aromatic rings. The van der Waals surface area contributed by atoms with Crippen LogP contribution >= 0.6 is 24.0 Å². The third-order valence-electron chi connectivity index (χ3n) is 5.04. The minimum absolute atomic E-state index is 0. The molecule has 0 unspecified atom stereocenters. The number of ether oxygens (including phenoxy) is 2. The van der Waals surface area contributed by atoms with Gasteiger partial charge in [0.15, 0.2) is 17.5 Å². The van der Waals surface area contributed by atoms with Gasteiger partial charge < -0.3 is 25.0 Å². The molecule has 1 heterocycles. The molecule has 0 aliphatic rings. The minimum Gasteiger partial charge on any atom is -0.493 e. The third kappa shape index (κ3) is 8.72. The number of halogens is 1. The van der Waals surface area contributed by atoms with Crippen molar-refractivity contribution in [1.29, 1.82) is 0 Å². The number of guanidine groups is 1. The molecule has 0 aliphatic carbocycles. The topological polar surface area (TPSA) is 71.0 Å². The normalized spacial score (nSPS) is 10.8. The molecule has 0 spiro atoms. The Morgan fingerprint density at radius 2 is 1.78 bits per heavy atom. The Morgan fingerprint density at radius 1 is 1.03 bits per heavy atom. The molecular formula is C24H38IN5O2. The Balaban J connectivity index is 0.00000512. The zero-order valence-electron chi connectivity index (χ0n) is 20.0. The summed E-state index contributed by atoms with van der Waals surface area (Å²) >= 11 is 0. The van der Waals surface area contributed by atoms with Gasteiger partial charge in [0.05, 0.1) is 13.7 Å². The zero-order valence-corrected chi connectivity index (χ0v) is 22.3. The highest BCUT2D eigenvalue weighted by Gasteiger charge is 2.06. The summed E-state index contributed by atoms with van der Waals surface area (Å²) in [5.74, 6) is 3.38. The van der Waals surface area contributed by atoms with E-state index >= 15 is 0 Å². The second kappa shape index (κ2) is 15.6. The van der Waals surface area contributed by atoms with Gasteiger partial charge in [-0.2, -0.15) is 0 Å². The maximum absolute atomic E-state index is 5.66. The van der Waals surface area contributed by atoms with Crippen LogP contribution in [0.2, 0.25) is 0 Å². The van der Waals surface area contributed by atoms with Crippen LogP contribution in [0.4, 0.5) is 5.82 Å². The molecule has 2 rings (SSSR count). The molecule has 0 amide bonds. The van der Waals surface area contributed by atoms with Gasteiger partial charge in [0.2, 0.25) is 0 Å². The van der Waals surface area contributed by atoms with Crippen LogP contribution in [-0.2, 0) is 13.0 Å². The number of pyridine rings is 1. The summed E-state index contributed by atoms with van der Waals surface area (Å²) in [4.78, 5) is 11.1. The van der Waals surface area contributed by atoms with Crippen LogP contribution in [0.5, 0.6) is 11.5 Å². The van der Waals surface area contributed by atoms with E-state index in [2.05, 4.69) is 63.6 Å². The number of methoxy groups -OCH3 is 1. The van der Waals surface area contributed by atoms with Crippen LogP contribution in [0.1, 0.15) is 38.3 Å². The van der Waals surface area contributed by atoms with Crippen LogP contribution in [0.15, 0.2) is 41.5 Å². The largest absolute Gasteiger partial charge is 0.493 e. The van der Waals surface area contributed by atoms with Crippen molar-refractivity contribution in [3.63, 3.8) is 0 Å². The number of hydrogen-bond donors (Lipinski definition) is 2. The van der Waals surface area contributed by atoms with E-state index in [9.17, 15) is 0 Å². The Hall–Kier alpha value is -2.23. The maximum atomic E-state index is 5.66. The van der Waals surface area contributed by atoms with E-state index in [0.717, 1.165) is 61.3 Å². The number of aromatic nitrogens is 1. The molecule has 178 valence electrons. The van der Waals surface area contributed by atoms with Gasteiger partial charge in [-0.1, -0.05) is 12.1 Å². The fourth-order valence-corrected chi connectivity index (χ4v) is 3.31. The van der Waals surface area contributed by atoms with Gasteiger partial charge in [-0.15, -0.1) is 24.0 Å². The first-order chi connectivity index (χ1) is 15.1. The Kier molecular flexibility index (Phi) is 13.5. The fraction of sp³-hybridized carbons (Fsp3) is 0.500. The smallest absolute Gasteiger partial charge is 0.191 e. The molecule has 0 saturated carbocycles. The summed E-state index contributed by atoms with van der Waals surface area (Å²) < 4.78 is 11.0. The van der Waals surface area contributed by atoms with E-state index in [-0.39, 0.29) is 24.0 Å². The molecule has 1 aromatic carbocycles. The van der Waals surface area contributed by atoms with E-state index < -0.39 is 0 Å². The van der Waals surface area contributed by atoms with Crippen LogP contribution < -0.4 is 25.0 Å². The van der Waals surface area contributed by atoms with Crippen molar-refractivity contribution in [3.8, 4) is 11.5 Å². The van der Waals surface area contributed by atoms with Crippen molar-refractivity contribution in [2.75, 3.05) is 45.3 Å². The van der Waals surface area contributed by atoms with E-state index in [1.807, 2.05) is 19.2 Å². The highest BCUT2D eigenvalue weighted by molar-refractivity contribution is 14.0. The summed E-state index contributed by atoms with van der Waals surface area (Å²) in [5, 5.41) is 6.73. The van der Waals surface area contributed by atoms with E-state index in [1.54, 1.807) is 14.2 Å². The molecule has 0 atom stereocenters. The molecule has 2 N–H and O–H groups in total. The number of anilines is 1. The summed E-state index contributed by atoms with van der Waals surface area (Å²) in [7, 11) is 3.45. The molecule has 0 radical (unpaired) electrons. The fourth-order valence-electron chi connectivity index (χ4n) is 3.31. The first-order valence-electron chi connectivity index (χ1n) is 11.1. The number of rotatable bonds is 12. The van der Waals surface area contributed by atoms with E-state index in [0.29, 0.717) is 13.2 Å². The average Bonchev–Trinajstić information content (AvgIpc) is 2.80. The lowest BCUT2D eigenvalue weighted by Crippen LogP contribution is -2.37. The van der Waals surface area contributed by atoms with Crippen LogP contribution in [0.25, 0.3) is 0 Å². The first kappa shape index (κ1) is 27.8. The monoisotopic (exact) mass is 555 g/mol. The van der Waals surface area contributed by atoms with Gasteiger partial charge in [-0.3, -0.25) is 4.99 Å². The van der Waals surface area contributed by atoms with Crippen molar-refractivity contribution in [2.24, 2.45) is 4.99 Å². The van der Waals surface area contributed by atoms with Crippen LogP contribution in [0, 0.1) is 0 Å². The third-order valence-corrected chi connectivity index (χ3v) is 5.04. The number of nitrogens with one attached hydrogen (secondary N) is 2. The van der Waals surface area contributed by atoms with Gasteiger partial charge >= 0.3 is 0 Å². The number of aliphatic imine (C=N–C) groups is 1. The van der Waals surface area contributed by atoms with E-state index in [4.69, 9.17) is 9.47 Å².